The van der Waals surface area contributed by atoms with Gasteiger partial charge in [0.15, 0.2) is 12.1 Å². The van der Waals surface area contributed by atoms with Crippen LogP contribution in [0.2, 0.25) is 0 Å². The second-order valence-electron chi connectivity index (χ2n) is 3.10. The van der Waals surface area contributed by atoms with Crippen molar-refractivity contribution in [2.75, 3.05) is 7.05 Å². The molecule has 0 radical (unpaired) electrons. The van der Waals surface area contributed by atoms with Crippen LogP contribution in [0.1, 0.15) is 21.7 Å². The number of rotatable bonds is 3. The fourth-order valence-corrected chi connectivity index (χ4v) is 1.13. The number of hydrogen-bond acceptors (Lipinski definition) is 5. The minimum absolute atomic E-state index is 0.244. The first-order chi connectivity index (χ1) is 7.02. The van der Waals surface area contributed by atoms with Gasteiger partial charge in [0, 0.05) is 18.3 Å². The van der Waals surface area contributed by atoms with Crippen LogP contribution in [0.25, 0.3) is 0 Å². The lowest BCUT2D eigenvalue weighted by molar-refractivity contribution is 0.111. The number of pyridine rings is 1. The Bertz CT molecular complexity index is 399. The lowest BCUT2D eigenvalue weighted by Crippen LogP contribution is -2.25. The maximum Gasteiger partial charge on any atom is 0.168 e. The van der Waals surface area contributed by atoms with Gasteiger partial charge in [-0.3, -0.25) is 9.78 Å². The summed E-state index contributed by atoms with van der Waals surface area (Å²) in [6, 6.07) is 3.29. The SMILES string of the molecule is Cc1cc(/C(N)=N/N(C)N)cc(C=O)n1. The molecule has 0 aliphatic heterocycles. The first kappa shape index (κ1) is 11.1. The van der Waals surface area contributed by atoms with Crippen molar-refractivity contribution in [1.29, 1.82) is 0 Å². The molecule has 1 aromatic rings. The van der Waals surface area contributed by atoms with Gasteiger partial charge in [0.05, 0.1) is 0 Å². The minimum atomic E-state index is 0.244. The molecule has 0 amide bonds. The number of carbonyl (C=O) groups is 1. The molecule has 15 heavy (non-hydrogen) atoms. The third-order valence-electron chi connectivity index (χ3n) is 1.66. The number of aryl methyl sites for hydroxylation is 1. The quantitative estimate of drug-likeness (QED) is 0.232. The Kier molecular flexibility index (Phi) is 3.35. The van der Waals surface area contributed by atoms with Gasteiger partial charge < -0.3 is 5.73 Å². The average Bonchev–Trinajstić information content (AvgIpc) is 2.15. The predicted molar refractivity (Wildman–Crippen MR) is 57.0 cm³/mol. The van der Waals surface area contributed by atoms with Gasteiger partial charge in [-0.25, -0.2) is 11.0 Å². The molecule has 6 nitrogen and oxygen atoms in total. The predicted octanol–water partition coefficient (Wildman–Crippen LogP) is -0.372. The zero-order valence-corrected chi connectivity index (χ0v) is 8.64. The zero-order valence-electron chi connectivity index (χ0n) is 8.64. The topological polar surface area (TPSA) is 97.6 Å². The molecule has 0 spiro atoms. The smallest absolute Gasteiger partial charge is 0.168 e. The Labute approximate surface area is 87.5 Å². The van der Waals surface area contributed by atoms with Gasteiger partial charge in [-0.2, -0.15) is 0 Å². The standard InChI is InChI=1S/C9H13N5O/c1-6-3-7(4-8(5-15)12-6)9(10)13-14(2)11/h3-5H,11H2,1-2H3,(H2,10,13). The lowest BCUT2D eigenvalue weighted by atomic mass is 10.2. The van der Waals surface area contributed by atoms with E-state index in [0.717, 1.165) is 5.12 Å². The van der Waals surface area contributed by atoms with Crippen LogP contribution in [-0.4, -0.2) is 29.3 Å². The van der Waals surface area contributed by atoms with Gasteiger partial charge in [0.25, 0.3) is 0 Å². The van der Waals surface area contributed by atoms with Crippen LogP contribution < -0.4 is 11.6 Å². The molecule has 80 valence electrons. The number of hydrazone groups is 1. The number of aldehydes is 1. The van der Waals surface area contributed by atoms with E-state index in [1.54, 1.807) is 26.1 Å². The molecule has 1 rings (SSSR count). The summed E-state index contributed by atoms with van der Waals surface area (Å²) in [5.41, 5.74) is 7.32. The van der Waals surface area contributed by atoms with Crippen LogP contribution in [0.3, 0.4) is 0 Å². The molecule has 0 aliphatic rings. The molecule has 0 fully saturated rings. The summed E-state index contributed by atoms with van der Waals surface area (Å²) in [7, 11) is 1.56. The number of hydrazine groups is 1. The first-order valence-electron chi connectivity index (χ1n) is 4.29. The highest BCUT2D eigenvalue weighted by Gasteiger charge is 2.03. The lowest BCUT2D eigenvalue weighted by Gasteiger charge is -2.07. The molecule has 0 atom stereocenters. The summed E-state index contributed by atoms with van der Waals surface area (Å²) < 4.78 is 0. The van der Waals surface area contributed by atoms with Gasteiger partial charge in [-0.15, -0.1) is 5.10 Å². The van der Waals surface area contributed by atoms with E-state index in [4.69, 9.17) is 11.6 Å². The van der Waals surface area contributed by atoms with E-state index in [9.17, 15) is 4.79 Å². The molecular formula is C9H13N5O. The number of nitrogens with two attached hydrogens (primary N) is 2. The van der Waals surface area contributed by atoms with Crippen molar-refractivity contribution < 1.29 is 4.79 Å². The Balaban J connectivity index is 3.14. The van der Waals surface area contributed by atoms with Gasteiger partial charge in [0.2, 0.25) is 0 Å². The van der Waals surface area contributed by atoms with E-state index in [1.807, 2.05) is 0 Å². The van der Waals surface area contributed by atoms with Crippen LogP contribution in [0.15, 0.2) is 17.2 Å². The number of nitrogens with zero attached hydrogens (tertiary/aromatic N) is 3. The second-order valence-corrected chi connectivity index (χ2v) is 3.10. The van der Waals surface area contributed by atoms with Gasteiger partial charge >= 0.3 is 0 Å². The Morgan fingerprint density at radius 1 is 1.60 bits per heavy atom. The Hall–Kier alpha value is -1.95. The zero-order chi connectivity index (χ0) is 11.4. The number of carbonyl (C=O) groups excluding carboxylic acids is 1. The highest BCUT2D eigenvalue weighted by molar-refractivity contribution is 5.98. The number of aromatic nitrogens is 1. The van der Waals surface area contributed by atoms with Gasteiger partial charge in [-0.1, -0.05) is 0 Å². The second kappa shape index (κ2) is 4.52. The van der Waals surface area contributed by atoms with Crippen LogP contribution in [-0.2, 0) is 0 Å². The molecule has 0 aromatic carbocycles. The maximum atomic E-state index is 10.6. The molecule has 0 saturated heterocycles. The molecule has 0 bridgehead atoms. The van der Waals surface area contributed by atoms with Crippen LogP contribution in [0, 0.1) is 6.92 Å². The van der Waals surface area contributed by atoms with Crippen molar-refractivity contribution in [3.63, 3.8) is 0 Å². The third-order valence-corrected chi connectivity index (χ3v) is 1.66. The molecule has 1 aromatic heterocycles. The van der Waals surface area contributed by atoms with Crippen molar-refractivity contribution in [3.05, 3.63) is 29.1 Å². The summed E-state index contributed by atoms with van der Waals surface area (Å²) in [6.07, 6.45) is 0.663. The Morgan fingerprint density at radius 3 is 2.80 bits per heavy atom. The minimum Gasteiger partial charge on any atom is -0.382 e. The van der Waals surface area contributed by atoms with Crippen molar-refractivity contribution in [2.24, 2.45) is 16.7 Å². The van der Waals surface area contributed by atoms with Crippen molar-refractivity contribution in [3.8, 4) is 0 Å². The molecule has 6 heteroatoms. The highest BCUT2D eigenvalue weighted by atomic mass is 16.1. The fraction of sp³-hybridized carbons (Fsp3) is 0.222. The van der Waals surface area contributed by atoms with Gasteiger partial charge in [-0.05, 0) is 19.1 Å². The molecule has 0 aliphatic carbocycles. The normalized spacial score (nSPS) is 11.3. The van der Waals surface area contributed by atoms with Crippen LogP contribution in [0.4, 0.5) is 0 Å². The van der Waals surface area contributed by atoms with Crippen molar-refractivity contribution >= 4 is 12.1 Å². The van der Waals surface area contributed by atoms with Crippen molar-refractivity contribution in [2.45, 2.75) is 6.92 Å². The fourth-order valence-electron chi connectivity index (χ4n) is 1.13. The van der Waals surface area contributed by atoms with E-state index in [0.29, 0.717) is 23.2 Å². The number of amidine groups is 1. The summed E-state index contributed by atoms with van der Waals surface area (Å²) >= 11 is 0. The summed E-state index contributed by atoms with van der Waals surface area (Å²) in [5, 5.41) is 4.93. The van der Waals surface area contributed by atoms with Crippen molar-refractivity contribution in [1.82, 2.24) is 10.1 Å². The molecular weight excluding hydrogens is 194 g/mol. The van der Waals surface area contributed by atoms with Gasteiger partial charge in [0.1, 0.15) is 5.69 Å². The largest absolute Gasteiger partial charge is 0.382 e. The molecule has 1 heterocycles. The number of hydrogen-bond donors (Lipinski definition) is 2. The summed E-state index contributed by atoms with van der Waals surface area (Å²) in [5.74, 6) is 5.56. The first-order valence-corrected chi connectivity index (χ1v) is 4.29. The molecule has 4 N–H and O–H groups in total. The summed E-state index contributed by atoms with van der Waals surface area (Å²) in [4.78, 5) is 14.6. The third kappa shape index (κ3) is 3.03. The van der Waals surface area contributed by atoms with E-state index >= 15 is 0 Å². The van der Waals surface area contributed by atoms with E-state index in [1.165, 1.54) is 0 Å². The monoisotopic (exact) mass is 207 g/mol. The van der Waals surface area contributed by atoms with Crippen LogP contribution >= 0.6 is 0 Å². The van der Waals surface area contributed by atoms with E-state index in [2.05, 4.69) is 10.1 Å². The highest BCUT2D eigenvalue weighted by Crippen LogP contribution is 2.04. The average molecular weight is 207 g/mol. The Morgan fingerprint density at radius 2 is 2.27 bits per heavy atom. The van der Waals surface area contributed by atoms with E-state index < -0.39 is 0 Å². The van der Waals surface area contributed by atoms with Crippen LogP contribution in [0.5, 0.6) is 0 Å². The summed E-state index contributed by atoms with van der Waals surface area (Å²) in [6.45, 7) is 1.77. The van der Waals surface area contributed by atoms with E-state index in [-0.39, 0.29) is 5.84 Å². The molecule has 0 unspecified atom stereocenters. The molecule has 0 saturated carbocycles. The maximum absolute atomic E-state index is 10.6.